The predicted molar refractivity (Wildman–Crippen MR) is 90.2 cm³/mol. The quantitative estimate of drug-likeness (QED) is 0.505. The zero-order valence-corrected chi connectivity index (χ0v) is 14.2. The summed E-state index contributed by atoms with van der Waals surface area (Å²) in [5.74, 6) is 1.15. The fourth-order valence-electron chi connectivity index (χ4n) is 1.80. The van der Waals surface area contributed by atoms with E-state index in [1.54, 1.807) is 0 Å². The van der Waals surface area contributed by atoms with E-state index in [1.807, 2.05) is 68.4 Å². The van der Waals surface area contributed by atoms with Crippen LogP contribution in [0.15, 0.2) is 54.6 Å². The van der Waals surface area contributed by atoms with E-state index < -0.39 is 5.01 Å². The van der Waals surface area contributed by atoms with Crippen molar-refractivity contribution in [1.82, 2.24) is 0 Å². The van der Waals surface area contributed by atoms with E-state index in [1.165, 1.54) is 0 Å². The Hall–Kier alpha value is -1.81. The van der Waals surface area contributed by atoms with Crippen molar-refractivity contribution in [2.24, 2.45) is 5.92 Å². The average Bonchev–Trinajstić information content (AvgIpc) is 2.55. The maximum absolute atomic E-state index is 11.9. The summed E-state index contributed by atoms with van der Waals surface area (Å²) in [4.78, 5) is 11.9. The first-order valence-electron chi connectivity index (χ1n) is 7.27. The van der Waals surface area contributed by atoms with Gasteiger partial charge in [0.1, 0.15) is 11.5 Å². The van der Waals surface area contributed by atoms with Crippen molar-refractivity contribution in [3.05, 3.63) is 60.2 Å². The van der Waals surface area contributed by atoms with Gasteiger partial charge in [0.15, 0.2) is 5.01 Å². The highest BCUT2D eigenvalue weighted by Crippen LogP contribution is 2.30. The number of carbonyl (C=O) groups excluding carboxylic acids is 1. The maximum atomic E-state index is 11.9. The van der Waals surface area contributed by atoms with Gasteiger partial charge < -0.3 is 9.47 Å². The Bertz CT molecular complexity index is 613. The van der Waals surface area contributed by atoms with E-state index in [-0.39, 0.29) is 11.9 Å². The number of benzene rings is 2. The fraction of sp³-hybridized carbons (Fsp3) is 0.278. The maximum Gasteiger partial charge on any atom is 0.310 e. The van der Waals surface area contributed by atoms with Crippen molar-refractivity contribution in [3.8, 4) is 11.5 Å². The smallest absolute Gasteiger partial charge is 0.310 e. The molecule has 4 heteroatoms. The highest BCUT2D eigenvalue weighted by molar-refractivity contribution is 9.09. The Morgan fingerprint density at radius 1 is 1.09 bits per heavy atom. The number of para-hydroxylation sites is 1. The first-order valence-corrected chi connectivity index (χ1v) is 8.19. The lowest BCUT2D eigenvalue weighted by Crippen LogP contribution is -2.15. The minimum absolute atomic E-state index is 0.108. The Kier molecular flexibility index (Phi) is 6.01. The second-order valence-electron chi connectivity index (χ2n) is 5.05. The largest absolute Gasteiger partial charge is 0.457 e. The van der Waals surface area contributed by atoms with Gasteiger partial charge in [0, 0.05) is 5.56 Å². The zero-order valence-electron chi connectivity index (χ0n) is 12.7. The van der Waals surface area contributed by atoms with Crippen LogP contribution in [0.4, 0.5) is 0 Å². The number of halogens is 1. The minimum atomic E-state index is -0.478. The van der Waals surface area contributed by atoms with Gasteiger partial charge in [-0.25, -0.2) is 0 Å². The van der Waals surface area contributed by atoms with Gasteiger partial charge in [-0.05, 0) is 46.6 Å². The van der Waals surface area contributed by atoms with Crippen LogP contribution in [0.25, 0.3) is 0 Å². The van der Waals surface area contributed by atoms with Crippen LogP contribution >= 0.6 is 15.9 Å². The number of rotatable bonds is 6. The highest BCUT2D eigenvalue weighted by Gasteiger charge is 2.18. The van der Waals surface area contributed by atoms with Crippen molar-refractivity contribution in [1.29, 1.82) is 0 Å². The molecule has 0 aliphatic carbocycles. The number of carbonyl (C=O) groups is 1. The molecule has 0 saturated heterocycles. The van der Waals surface area contributed by atoms with Gasteiger partial charge in [0.05, 0.1) is 5.92 Å². The molecule has 0 amide bonds. The highest BCUT2D eigenvalue weighted by atomic mass is 79.9. The predicted octanol–water partition coefficient (Wildman–Crippen LogP) is 5.46. The summed E-state index contributed by atoms with van der Waals surface area (Å²) < 4.78 is 11.2. The molecule has 0 aliphatic rings. The van der Waals surface area contributed by atoms with E-state index in [2.05, 4.69) is 15.9 Å². The van der Waals surface area contributed by atoms with Crippen molar-refractivity contribution < 1.29 is 14.3 Å². The van der Waals surface area contributed by atoms with Gasteiger partial charge >= 0.3 is 5.97 Å². The zero-order chi connectivity index (χ0) is 15.9. The Balaban J connectivity index is 2.06. The fourth-order valence-corrected chi connectivity index (χ4v) is 2.27. The summed E-state index contributed by atoms with van der Waals surface area (Å²) >= 11 is 3.41. The lowest BCUT2D eigenvalue weighted by atomic mass is 10.1. The van der Waals surface area contributed by atoms with Crippen LogP contribution in [0.3, 0.4) is 0 Å². The van der Waals surface area contributed by atoms with E-state index in [4.69, 9.17) is 9.47 Å². The number of hydrogen-bond donors (Lipinski definition) is 0. The molecular weight excluding hydrogens is 344 g/mol. The average molecular weight is 363 g/mol. The standard InChI is InChI=1S/C18H19BrO3/c1-3-13(2)18(20)22-17(19)14-8-7-11-16(12-14)21-15-9-5-4-6-10-15/h4-13,17H,3H2,1-2H3. The van der Waals surface area contributed by atoms with Crippen LogP contribution in [0.5, 0.6) is 11.5 Å². The molecule has 2 aromatic carbocycles. The third-order valence-electron chi connectivity index (χ3n) is 3.33. The Morgan fingerprint density at radius 2 is 1.77 bits per heavy atom. The van der Waals surface area contributed by atoms with Crippen LogP contribution in [0, 0.1) is 5.92 Å². The van der Waals surface area contributed by atoms with Gasteiger partial charge in [-0.3, -0.25) is 4.79 Å². The molecule has 0 N–H and O–H groups in total. The summed E-state index contributed by atoms with van der Waals surface area (Å²) in [7, 11) is 0. The first-order chi connectivity index (χ1) is 10.6. The topological polar surface area (TPSA) is 35.5 Å². The van der Waals surface area contributed by atoms with Gasteiger partial charge in [-0.2, -0.15) is 0 Å². The summed E-state index contributed by atoms with van der Waals surface area (Å²) in [5, 5.41) is -0.478. The number of alkyl halides is 1. The summed E-state index contributed by atoms with van der Waals surface area (Å²) in [5.41, 5.74) is 0.838. The monoisotopic (exact) mass is 362 g/mol. The normalized spacial score (nSPS) is 13.2. The van der Waals surface area contributed by atoms with Crippen LogP contribution in [-0.2, 0) is 9.53 Å². The molecule has 0 saturated carbocycles. The molecule has 0 fully saturated rings. The molecule has 2 unspecified atom stereocenters. The van der Waals surface area contributed by atoms with Crippen LogP contribution in [-0.4, -0.2) is 5.97 Å². The van der Waals surface area contributed by atoms with Gasteiger partial charge in [-0.1, -0.05) is 44.2 Å². The van der Waals surface area contributed by atoms with E-state index in [9.17, 15) is 4.79 Å². The van der Waals surface area contributed by atoms with E-state index in [0.29, 0.717) is 5.75 Å². The molecular formula is C18H19BrO3. The van der Waals surface area contributed by atoms with E-state index in [0.717, 1.165) is 17.7 Å². The third kappa shape index (κ3) is 4.60. The number of ether oxygens (including phenoxy) is 2. The van der Waals surface area contributed by atoms with Crippen molar-refractivity contribution >= 4 is 21.9 Å². The Morgan fingerprint density at radius 3 is 2.45 bits per heavy atom. The first kappa shape index (κ1) is 16.6. The second kappa shape index (κ2) is 7.99. The second-order valence-corrected chi connectivity index (χ2v) is 5.88. The van der Waals surface area contributed by atoms with Crippen molar-refractivity contribution in [3.63, 3.8) is 0 Å². The molecule has 0 bridgehead atoms. The Labute approximate surface area is 139 Å². The summed E-state index contributed by atoms with van der Waals surface area (Å²) in [6, 6.07) is 17.0. The lowest BCUT2D eigenvalue weighted by molar-refractivity contribution is -0.149. The molecule has 2 rings (SSSR count). The minimum Gasteiger partial charge on any atom is -0.457 e. The summed E-state index contributed by atoms with van der Waals surface area (Å²) in [6.07, 6.45) is 0.760. The van der Waals surface area contributed by atoms with Crippen LogP contribution in [0.2, 0.25) is 0 Å². The van der Waals surface area contributed by atoms with Crippen LogP contribution < -0.4 is 4.74 Å². The van der Waals surface area contributed by atoms with Crippen molar-refractivity contribution in [2.75, 3.05) is 0 Å². The molecule has 116 valence electrons. The molecule has 0 aromatic heterocycles. The lowest BCUT2D eigenvalue weighted by Gasteiger charge is -2.15. The molecule has 0 heterocycles. The number of esters is 1. The molecule has 2 atom stereocenters. The summed E-state index contributed by atoms with van der Waals surface area (Å²) in [6.45, 7) is 3.82. The van der Waals surface area contributed by atoms with Gasteiger partial charge in [-0.15, -0.1) is 0 Å². The molecule has 2 aromatic rings. The molecule has 3 nitrogen and oxygen atoms in total. The molecule has 0 radical (unpaired) electrons. The van der Waals surface area contributed by atoms with Gasteiger partial charge in [0.25, 0.3) is 0 Å². The number of hydrogen-bond acceptors (Lipinski definition) is 3. The van der Waals surface area contributed by atoms with Crippen LogP contribution in [0.1, 0.15) is 30.8 Å². The third-order valence-corrected chi connectivity index (χ3v) is 4.05. The molecule has 22 heavy (non-hydrogen) atoms. The molecule has 0 aliphatic heterocycles. The van der Waals surface area contributed by atoms with Gasteiger partial charge in [0.2, 0.25) is 0 Å². The van der Waals surface area contributed by atoms with E-state index >= 15 is 0 Å². The molecule has 0 spiro atoms. The SMILES string of the molecule is CCC(C)C(=O)OC(Br)c1cccc(Oc2ccccc2)c1. The van der Waals surface area contributed by atoms with Crippen molar-refractivity contribution in [2.45, 2.75) is 25.3 Å².